The van der Waals surface area contributed by atoms with E-state index >= 15 is 0 Å². The summed E-state index contributed by atoms with van der Waals surface area (Å²) in [5.41, 5.74) is 2.60. The number of hydrogen-bond acceptors (Lipinski definition) is 3. The number of carbonyl (C=O) groups excluding carboxylic acids is 3. The summed E-state index contributed by atoms with van der Waals surface area (Å²) in [4.78, 5) is 38.8. The molecule has 5 rings (SSSR count). The minimum absolute atomic E-state index is 0.0134. The maximum absolute atomic E-state index is 13.6. The second-order valence-corrected chi connectivity index (χ2v) is 11.8. The number of benzene rings is 3. The summed E-state index contributed by atoms with van der Waals surface area (Å²) >= 11 is 0. The van der Waals surface area contributed by atoms with Gasteiger partial charge in [0, 0.05) is 24.1 Å². The van der Waals surface area contributed by atoms with Gasteiger partial charge in [0.15, 0.2) is 0 Å². The van der Waals surface area contributed by atoms with Crippen molar-refractivity contribution in [1.82, 2.24) is 16.0 Å². The van der Waals surface area contributed by atoms with Crippen LogP contribution in [0.15, 0.2) is 78.9 Å². The molecule has 0 saturated heterocycles. The summed E-state index contributed by atoms with van der Waals surface area (Å²) < 4.78 is 39.2. The van der Waals surface area contributed by atoms with Crippen LogP contribution in [0, 0.1) is 5.92 Å². The van der Waals surface area contributed by atoms with Crippen molar-refractivity contribution < 1.29 is 27.6 Å². The fourth-order valence-corrected chi connectivity index (χ4v) is 6.69. The van der Waals surface area contributed by atoms with E-state index in [9.17, 15) is 27.6 Å². The van der Waals surface area contributed by atoms with E-state index in [0.717, 1.165) is 35.1 Å². The Morgan fingerprint density at radius 1 is 0.727 bits per heavy atom. The number of carbonyl (C=O) groups is 3. The maximum Gasteiger partial charge on any atom is 0.405 e. The van der Waals surface area contributed by atoms with Crippen molar-refractivity contribution in [3.05, 3.63) is 95.6 Å². The van der Waals surface area contributed by atoms with Gasteiger partial charge in [-0.2, -0.15) is 13.2 Å². The Hall–Kier alpha value is -4.14. The Labute approximate surface area is 255 Å². The van der Waals surface area contributed by atoms with Crippen LogP contribution in [0.25, 0.3) is 11.1 Å². The number of halogens is 3. The van der Waals surface area contributed by atoms with Crippen LogP contribution < -0.4 is 16.0 Å². The Balaban J connectivity index is 1.12. The average Bonchev–Trinajstić information content (AvgIpc) is 3.32. The molecule has 2 aliphatic rings. The lowest BCUT2D eigenvalue weighted by atomic mass is 9.73. The van der Waals surface area contributed by atoms with Crippen molar-refractivity contribution in [1.29, 1.82) is 0 Å². The maximum atomic E-state index is 13.6. The van der Waals surface area contributed by atoms with Crippen molar-refractivity contribution in [3.63, 3.8) is 0 Å². The molecule has 44 heavy (non-hydrogen) atoms. The molecule has 0 aromatic heterocycles. The summed E-state index contributed by atoms with van der Waals surface area (Å²) in [6.45, 7) is -0.894. The lowest BCUT2D eigenvalue weighted by Gasteiger charge is -2.31. The predicted molar refractivity (Wildman–Crippen MR) is 163 cm³/mol. The molecule has 3 amide bonds. The zero-order valence-corrected chi connectivity index (χ0v) is 24.6. The Kier molecular flexibility index (Phi) is 9.71. The van der Waals surface area contributed by atoms with E-state index in [1.165, 1.54) is 0 Å². The molecular weight excluding hydrogens is 567 g/mol. The number of rotatable bonds is 11. The van der Waals surface area contributed by atoms with Crippen molar-refractivity contribution in [3.8, 4) is 11.1 Å². The van der Waals surface area contributed by atoms with Crippen molar-refractivity contribution in [2.24, 2.45) is 5.92 Å². The smallest absolute Gasteiger partial charge is 0.356 e. The molecule has 9 heteroatoms. The van der Waals surface area contributed by atoms with Gasteiger partial charge < -0.3 is 16.0 Å². The molecule has 2 aliphatic carbocycles. The number of nitrogens with one attached hydrogen (secondary N) is 3. The second kappa shape index (κ2) is 13.7. The van der Waals surface area contributed by atoms with Crippen LogP contribution in [0.3, 0.4) is 0 Å². The van der Waals surface area contributed by atoms with Gasteiger partial charge in [0.2, 0.25) is 11.8 Å². The number of fused-ring (bicyclic) bond motifs is 3. The van der Waals surface area contributed by atoms with E-state index in [0.29, 0.717) is 50.6 Å². The molecule has 6 nitrogen and oxygen atoms in total. The van der Waals surface area contributed by atoms with Crippen LogP contribution in [0.4, 0.5) is 13.2 Å². The first-order valence-electron chi connectivity index (χ1n) is 15.4. The molecule has 0 radical (unpaired) electrons. The molecule has 1 fully saturated rings. The predicted octanol–water partition coefficient (Wildman–Crippen LogP) is 6.30. The third-order valence-corrected chi connectivity index (χ3v) is 8.90. The monoisotopic (exact) mass is 605 g/mol. The van der Waals surface area contributed by atoms with Crippen molar-refractivity contribution in [2.75, 3.05) is 13.1 Å². The van der Waals surface area contributed by atoms with Crippen LogP contribution >= 0.6 is 0 Å². The lowest BCUT2D eigenvalue weighted by molar-refractivity contribution is -0.141. The Bertz CT molecular complexity index is 1420. The Morgan fingerprint density at radius 2 is 1.32 bits per heavy atom. The standard InChI is InChI=1S/C35H38F3N3O3/c36-35(37,38)23-40-33(44)34(29-15-7-5-13-27(29)28-14-6-8-16-30(28)34)21-9-2-10-22-39-31(42)25-17-19-26(20-18-25)41-32(43)24-11-3-1-4-12-24/h1,3-8,11-16,25-26H,2,9-10,17-23H2,(H,39,42)(H,40,44)(H,41,43). The highest BCUT2D eigenvalue weighted by molar-refractivity contribution is 6.00. The molecule has 3 aromatic carbocycles. The van der Waals surface area contributed by atoms with Crippen LogP contribution in [-0.2, 0) is 15.0 Å². The third kappa shape index (κ3) is 6.98. The molecule has 1 saturated carbocycles. The SMILES string of the molecule is O=C(NC1CCC(C(=O)NCCCCCC2(C(=O)NCC(F)(F)F)c3ccccc3-c3ccccc32)CC1)c1ccccc1. The quantitative estimate of drug-likeness (QED) is 0.224. The first-order chi connectivity index (χ1) is 21.2. The number of amides is 3. The van der Waals surface area contributed by atoms with E-state index in [2.05, 4.69) is 16.0 Å². The van der Waals surface area contributed by atoms with Gasteiger partial charge >= 0.3 is 6.18 Å². The topological polar surface area (TPSA) is 87.3 Å². The largest absolute Gasteiger partial charge is 0.405 e. The minimum Gasteiger partial charge on any atom is -0.356 e. The minimum atomic E-state index is -4.51. The average molecular weight is 606 g/mol. The summed E-state index contributed by atoms with van der Waals surface area (Å²) in [6, 6.07) is 24.0. The highest BCUT2D eigenvalue weighted by Gasteiger charge is 2.49. The second-order valence-electron chi connectivity index (χ2n) is 11.8. The molecule has 0 unspecified atom stereocenters. The highest BCUT2D eigenvalue weighted by atomic mass is 19.4. The highest BCUT2D eigenvalue weighted by Crippen LogP contribution is 2.51. The van der Waals surface area contributed by atoms with E-state index in [-0.39, 0.29) is 23.8 Å². The van der Waals surface area contributed by atoms with Gasteiger partial charge in [-0.15, -0.1) is 0 Å². The number of unbranched alkanes of at least 4 members (excludes halogenated alkanes) is 2. The first-order valence-corrected chi connectivity index (χ1v) is 15.4. The van der Waals surface area contributed by atoms with Crippen molar-refractivity contribution >= 4 is 17.7 Å². The lowest BCUT2D eigenvalue weighted by Crippen LogP contribution is -2.47. The normalized spacial score (nSPS) is 18.5. The van der Waals surface area contributed by atoms with Crippen LogP contribution in [0.2, 0.25) is 0 Å². The van der Waals surface area contributed by atoms with Gasteiger partial charge in [-0.05, 0) is 72.9 Å². The molecule has 0 bridgehead atoms. The fraction of sp³-hybridized carbons (Fsp3) is 0.400. The summed E-state index contributed by atoms with van der Waals surface area (Å²) in [5, 5.41) is 8.27. The number of alkyl halides is 3. The molecular formula is C35H38F3N3O3. The zero-order valence-electron chi connectivity index (χ0n) is 24.6. The van der Waals surface area contributed by atoms with E-state index in [1.807, 2.05) is 66.7 Å². The van der Waals surface area contributed by atoms with Crippen LogP contribution in [-0.4, -0.2) is 43.0 Å². The molecule has 0 spiro atoms. The molecule has 232 valence electrons. The van der Waals surface area contributed by atoms with E-state index in [4.69, 9.17) is 0 Å². The van der Waals surface area contributed by atoms with Gasteiger partial charge in [-0.1, -0.05) is 79.6 Å². The molecule has 0 aliphatic heterocycles. The summed E-state index contributed by atoms with van der Waals surface area (Å²) in [5.74, 6) is -0.815. The molecule has 3 N–H and O–H groups in total. The van der Waals surface area contributed by atoms with Crippen molar-refractivity contribution in [2.45, 2.75) is 69.0 Å². The van der Waals surface area contributed by atoms with Gasteiger partial charge in [-0.3, -0.25) is 14.4 Å². The van der Waals surface area contributed by atoms with Gasteiger partial charge in [-0.25, -0.2) is 0 Å². The Morgan fingerprint density at radius 3 is 1.93 bits per heavy atom. The van der Waals surface area contributed by atoms with Crippen LogP contribution in [0.1, 0.15) is 72.9 Å². The molecule has 3 aromatic rings. The van der Waals surface area contributed by atoms with Gasteiger partial charge in [0.05, 0.1) is 0 Å². The van der Waals surface area contributed by atoms with Gasteiger partial charge in [0.1, 0.15) is 12.0 Å². The first kappa shape index (κ1) is 31.3. The van der Waals surface area contributed by atoms with Gasteiger partial charge in [0.25, 0.3) is 5.91 Å². The van der Waals surface area contributed by atoms with Crippen LogP contribution in [0.5, 0.6) is 0 Å². The van der Waals surface area contributed by atoms with E-state index in [1.54, 1.807) is 12.1 Å². The van der Waals surface area contributed by atoms with E-state index < -0.39 is 24.0 Å². The molecule has 0 atom stereocenters. The summed E-state index contributed by atoms with van der Waals surface area (Å²) in [7, 11) is 0. The number of hydrogen-bond donors (Lipinski definition) is 3. The third-order valence-electron chi connectivity index (χ3n) is 8.90. The zero-order chi connectivity index (χ0) is 31.2. The molecule has 0 heterocycles. The fourth-order valence-electron chi connectivity index (χ4n) is 6.69. The summed E-state index contributed by atoms with van der Waals surface area (Å²) in [6.07, 6.45) is 0.759.